The summed E-state index contributed by atoms with van der Waals surface area (Å²) in [5.41, 5.74) is 1.23. The first-order valence-corrected chi connectivity index (χ1v) is 8.27. The third-order valence-electron chi connectivity index (χ3n) is 3.42. The van der Waals surface area contributed by atoms with Crippen molar-refractivity contribution in [2.24, 2.45) is 0 Å². The molecule has 0 saturated carbocycles. The van der Waals surface area contributed by atoms with Crippen LogP contribution in [0.2, 0.25) is 0 Å². The number of ether oxygens (including phenoxy) is 2. The van der Waals surface area contributed by atoms with Crippen molar-refractivity contribution in [1.82, 2.24) is 5.32 Å². The molecule has 1 aliphatic rings. The molecule has 1 aromatic rings. The predicted molar refractivity (Wildman–Crippen MR) is 81.5 cm³/mol. The van der Waals surface area contributed by atoms with E-state index >= 15 is 0 Å². The van der Waals surface area contributed by atoms with E-state index < -0.39 is 0 Å². The molecule has 0 radical (unpaired) electrons. The first kappa shape index (κ1) is 14.5. The quantitative estimate of drug-likeness (QED) is 0.777. The molecule has 1 atom stereocenters. The molecule has 19 heavy (non-hydrogen) atoms. The Morgan fingerprint density at radius 2 is 2.32 bits per heavy atom. The first-order chi connectivity index (χ1) is 9.35. The van der Waals surface area contributed by atoms with Crippen LogP contribution in [0, 0.1) is 0 Å². The SMILES string of the molecule is COc1ccc2c(c1)C(NCCCCSC)CCO2. The van der Waals surface area contributed by atoms with Gasteiger partial charge in [0.15, 0.2) is 0 Å². The number of thioether (sulfide) groups is 1. The van der Waals surface area contributed by atoms with Crippen molar-refractivity contribution >= 4 is 11.8 Å². The normalized spacial score (nSPS) is 17.7. The van der Waals surface area contributed by atoms with Crippen molar-refractivity contribution in [1.29, 1.82) is 0 Å². The molecule has 0 saturated heterocycles. The molecule has 1 aliphatic heterocycles. The fourth-order valence-electron chi connectivity index (χ4n) is 2.36. The molecule has 1 aromatic carbocycles. The number of nitrogens with one attached hydrogen (secondary N) is 1. The highest BCUT2D eigenvalue weighted by atomic mass is 32.2. The molecule has 106 valence electrons. The van der Waals surface area contributed by atoms with Gasteiger partial charge in [-0.3, -0.25) is 0 Å². The zero-order valence-electron chi connectivity index (χ0n) is 11.8. The van der Waals surface area contributed by atoms with E-state index in [1.807, 2.05) is 23.9 Å². The Morgan fingerprint density at radius 3 is 3.11 bits per heavy atom. The van der Waals surface area contributed by atoms with Crippen LogP contribution in [0.1, 0.15) is 30.9 Å². The van der Waals surface area contributed by atoms with Gasteiger partial charge in [0.25, 0.3) is 0 Å². The molecule has 0 aromatic heterocycles. The lowest BCUT2D eigenvalue weighted by atomic mass is 10.00. The van der Waals surface area contributed by atoms with Crippen molar-refractivity contribution in [3.05, 3.63) is 23.8 Å². The lowest BCUT2D eigenvalue weighted by Gasteiger charge is -2.27. The summed E-state index contributed by atoms with van der Waals surface area (Å²) in [5.74, 6) is 3.15. The van der Waals surface area contributed by atoms with Gasteiger partial charge in [-0.15, -0.1) is 0 Å². The van der Waals surface area contributed by atoms with E-state index in [0.29, 0.717) is 6.04 Å². The van der Waals surface area contributed by atoms with Crippen LogP contribution in [0.5, 0.6) is 11.5 Å². The second-order valence-corrected chi connectivity index (χ2v) is 5.73. The Hall–Kier alpha value is -0.870. The largest absolute Gasteiger partial charge is 0.497 e. The Bertz CT molecular complexity index is 398. The van der Waals surface area contributed by atoms with Crippen molar-refractivity contribution in [3.63, 3.8) is 0 Å². The molecule has 0 fully saturated rings. The van der Waals surface area contributed by atoms with Crippen LogP contribution in [0.25, 0.3) is 0 Å². The number of benzene rings is 1. The van der Waals surface area contributed by atoms with Gasteiger partial charge in [-0.2, -0.15) is 11.8 Å². The zero-order valence-corrected chi connectivity index (χ0v) is 12.6. The molecule has 0 aliphatic carbocycles. The van der Waals surface area contributed by atoms with E-state index in [9.17, 15) is 0 Å². The Morgan fingerprint density at radius 1 is 1.42 bits per heavy atom. The highest BCUT2D eigenvalue weighted by Crippen LogP contribution is 2.34. The van der Waals surface area contributed by atoms with Crippen molar-refractivity contribution < 1.29 is 9.47 Å². The third-order valence-corrected chi connectivity index (χ3v) is 4.12. The second-order valence-electron chi connectivity index (χ2n) is 4.75. The minimum atomic E-state index is 0.396. The second kappa shape index (κ2) is 7.65. The number of unbranched alkanes of at least 4 members (excludes halogenated alkanes) is 1. The van der Waals surface area contributed by atoms with Crippen LogP contribution in [0.3, 0.4) is 0 Å². The fraction of sp³-hybridized carbons (Fsp3) is 0.600. The summed E-state index contributed by atoms with van der Waals surface area (Å²) < 4.78 is 11.0. The minimum absolute atomic E-state index is 0.396. The van der Waals surface area contributed by atoms with Crippen LogP contribution in [0.15, 0.2) is 18.2 Å². The molecule has 1 N–H and O–H groups in total. The van der Waals surface area contributed by atoms with Crippen LogP contribution < -0.4 is 14.8 Å². The minimum Gasteiger partial charge on any atom is -0.497 e. The van der Waals surface area contributed by atoms with Crippen LogP contribution in [0.4, 0.5) is 0 Å². The molecule has 2 rings (SSSR count). The summed E-state index contributed by atoms with van der Waals surface area (Å²) in [6.07, 6.45) is 5.71. The Balaban J connectivity index is 1.92. The van der Waals surface area contributed by atoms with Crippen LogP contribution >= 0.6 is 11.8 Å². The molecule has 0 spiro atoms. The highest BCUT2D eigenvalue weighted by molar-refractivity contribution is 7.98. The van der Waals surface area contributed by atoms with Gasteiger partial charge in [-0.1, -0.05) is 0 Å². The molecule has 1 unspecified atom stereocenters. The van der Waals surface area contributed by atoms with Gasteiger partial charge in [0.2, 0.25) is 0 Å². The van der Waals surface area contributed by atoms with E-state index in [0.717, 1.165) is 31.1 Å². The van der Waals surface area contributed by atoms with E-state index in [1.165, 1.54) is 24.2 Å². The molecular weight excluding hydrogens is 258 g/mol. The average molecular weight is 281 g/mol. The van der Waals surface area contributed by atoms with Crippen LogP contribution in [-0.2, 0) is 0 Å². The summed E-state index contributed by atoms with van der Waals surface area (Å²) in [6.45, 7) is 1.86. The van der Waals surface area contributed by atoms with E-state index in [1.54, 1.807) is 7.11 Å². The summed E-state index contributed by atoms with van der Waals surface area (Å²) in [5, 5.41) is 3.64. The van der Waals surface area contributed by atoms with Gasteiger partial charge in [-0.05, 0) is 49.6 Å². The van der Waals surface area contributed by atoms with E-state index in [2.05, 4.69) is 17.6 Å². The number of hydrogen-bond donors (Lipinski definition) is 1. The van der Waals surface area contributed by atoms with Crippen molar-refractivity contribution in [2.75, 3.05) is 32.3 Å². The van der Waals surface area contributed by atoms with Gasteiger partial charge < -0.3 is 14.8 Å². The number of fused-ring (bicyclic) bond motifs is 1. The Kier molecular flexibility index (Phi) is 5.86. The van der Waals surface area contributed by atoms with Gasteiger partial charge in [0, 0.05) is 18.0 Å². The fourth-order valence-corrected chi connectivity index (χ4v) is 2.85. The molecule has 0 bridgehead atoms. The summed E-state index contributed by atoms with van der Waals surface area (Å²) in [6, 6.07) is 6.46. The van der Waals surface area contributed by atoms with Gasteiger partial charge in [-0.25, -0.2) is 0 Å². The Labute approximate surface area is 120 Å². The van der Waals surface area contributed by atoms with Gasteiger partial charge >= 0.3 is 0 Å². The highest BCUT2D eigenvalue weighted by Gasteiger charge is 2.21. The summed E-state index contributed by atoms with van der Waals surface area (Å²) in [7, 11) is 1.70. The lowest BCUT2D eigenvalue weighted by molar-refractivity contribution is 0.251. The maximum Gasteiger partial charge on any atom is 0.124 e. The molecule has 1 heterocycles. The smallest absolute Gasteiger partial charge is 0.124 e. The average Bonchev–Trinajstić information content (AvgIpc) is 2.46. The molecule has 3 nitrogen and oxygen atoms in total. The summed E-state index contributed by atoms with van der Waals surface area (Å²) in [4.78, 5) is 0. The predicted octanol–water partition coefficient (Wildman–Crippen LogP) is 3.25. The summed E-state index contributed by atoms with van der Waals surface area (Å²) >= 11 is 1.92. The monoisotopic (exact) mass is 281 g/mol. The lowest BCUT2D eigenvalue weighted by Crippen LogP contribution is -2.28. The van der Waals surface area contributed by atoms with Gasteiger partial charge in [0.1, 0.15) is 11.5 Å². The number of rotatable bonds is 7. The molecular formula is C15H23NO2S. The first-order valence-electron chi connectivity index (χ1n) is 6.88. The standard InChI is InChI=1S/C15H23NO2S/c1-17-12-5-6-15-13(11-12)14(7-9-18-15)16-8-3-4-10-19-2/h5-6,11,14,16H,3-4,7-10H2,1-2H3. The number of hydrogen-bond acceptors (Lipinski definition) is 4. The van der Waals surface area contributed by atoms with Crippen molar-refractivity contribution in [2.45, 2.75) is 25.3 Å². The maximum absolute atomic E-state index is 5.70. The van der Waals surface area contributed by atoms with Gasteiger partial charge in [0.05, 0.1) is 13.7 Å². The zero-order chi connectivity index (χ0) is 13.5. The molecule has 4 heteroatoms. The third kappa shape index (κ3) is 4.05. The topological polar surface area (TPSA) is 30.5 Å². The maximum atomic E-state index is 5.70. The van der Waals surface area contributed by atoms with E-state index in [-0.39, 0.29) is 0 Å². The van der Waals surface area contributed by atoms with E-state index in [4.69, 9.17) is 9.47 Å². The van der Waals surface area contributed by atoms with Crippen LogP contribution in [-0.4, -0.2) is 32.3 Å². The number of methoxy groups -OCH3 is 1. The van der Waals surface area contributed by atoms with Crippen molar-refractivity contribution in [3.8, 4) is 11.5 Å². The molecule has 0 amide bonds.